The minimum atomic E-state index is -2.51. The van der Waals surface area contributed by atoms with E-state index < -0.39 is 44.8 Å². The molecule has 10 aliphatic rings. The molecule has 10 N–H and O–H groups in total. The number of rotatable bonds is 24. The van der Waals surface area contributed by atoms with E-state index in [1.165, 1.54) is 64.2 Å². The van der Waals surface area contributed by atoms with Gasteiger partial charge in [-0.05, 0) is 173 Å². The molecule has 17 heterocycles. The van der Waals surface area contributed by atoms with Crippen molar-refractivity contribution >= 4 is 206 Å². The van der Waals surface area contributed by atoms with Crippen molar-refractivity contribution in [3.63, 3.8) is 0 Å². The molecule has 40 nitrogen and oxygen atoms in total. The van der Waals surface area contributed by atoms with Crippen LogP contribution in [0.2, 0.25) is 25.5 Å². The van der Waals surface area contributed by atoms with E-state index in [4.69, 9.17) is 116 Å². The van der Waals surface area contributed by atoms with Crippen molar-refractivity contribution in [2.45, 2.75) is 72.0 Å². The van der Waals surface area contributed by atoms with Gasteiger partial charge in [0.05, 0.1) is 169 Å². The number of carbonyl (C=O) groups excluding carboxylic acids is 2. The number of nitrogen functional groups attached to an aromatic ring is 1. The van der Waals surface area contributed by atoms with Gasteiger partial charge >= 0.3 is 12.2 Å². The number of pyridine rings is 5. The van der Waals surface area contributed by atoms with Crippen LogP contribution in [0.25, 0.3) is 0 Å². The van der Waals surface area contributed by atoms with Gasteiger partial charge in [-0.2, -0.15) is 15.0 Å². The molecule has 8 aromatic heterocycles. The number of aromatic nitrogens is 11. The third-order valence-electron chi connectivity index (χ3n) is 25.7. The number of ether oxygens (including phenoxy) is 11. The lowest BCUT2D eigenvalue weighted by Gasteiger charge is -2.56. The number of hydrogen-bond donors (Lipinski definition) is 9. The lowest BCUT2D eigenvalue weighted by atomic mass is 9.63. The van der Waals surface area contributed by atoms with E-state index in [9.17, 15) is 23.3 Å². The summed E-state index contributed by atoms with van der Waals surface area (Å²) in [7, 11) is 0.501. The summed E-state index contributed by atoms with van der Waals surface area (Å²) in [6.45, 7) is 38.1. The van der Waals surface area contributed by atoms with Gasteiger partial charge in [0.25, 0.3) is 0 Å². The van der Waals surface area contributed by atoms with E-state index in [-0.39, 0.29) is 21.3 Å². The zero-order valence-electron chi connectivity index (χ0n) is 86.8. The molecule has 11 aromatic rings. The van der Waals surface area contributed by atoms with Gasteiger partial charge < -0.3 is 123 Å². The number of nitrogens with two attached hydrogens (primary N) is 1. The second-order valence-electron chi connectivity index (χ2n) is 41.5. The standard InChI is InChI=1S/C24H28ClN6O2P.C23H26ClN6O3P.C16H23N3O4.C12H12Cl2N3OP.C11H15ClN2O3.C11H15N3O2.C5H9NO/c1-33-20-18(9-12-26-22(20)31-14-24(15-31)10-6-11-24)29-23-27-13-16(25)21(30-23)28-17-7-4-5-8-19(17)34(2,3)32;1-32-19-17(8-9-25-21(19)30-11-23(12-30)13-33-14-23)28-22-26-10-15(24)20(29-22)27-16-6-4-5-7-18(16)34(2,3)31;1-15(2,3)23-14(20)18-11-5-6-17-13(12(11)21-4)19-7-16(8-19)9-22-10-16;1-19(2,18)10-6-4-3-5-9(10)16-11-8(13)7-15-12(14)17-11;1-11(2,3)17-10(15)14-7-5-6-13-9(12)8(7)16-4;1-15-9-8(12)2-3-13-10(9)14-4-11(5-14)6-16-7-11;1-5(2-6-1)3-7-4-5/h4-5,7-9,12-13H,6,10-11,14-15H2,1-3H3,(H2,26,27,28,29,30);4-10H,11-14H2,1-3H3,(H2,25,26,27,28,29);5-6H,7-10H2,1-4H3,(H,17,18,20);3-7H,1-2H3,(H,15,16,17);5-6H,1-4H3,(H,13,14,15);2-3H,4-7H2,1H3,(H2,12,13);6H,1-4H2. The van der Waals surface area contributed by atoms with Gasteiger partial charge in [0, 0.05) is 123 Å². The van der Waals surface area contributed by atoms with Crippen LogP contribution in [0.3, 0.4) is 0 Å². The Bertz CT molecular complexity index is 6580. The maximum atomic E-state index is 12.7. The van der Waals surface area contributed by atoms with Crippen LogP contribution < -0.4 is 107 Å². The summed E-state index contributed by atoms with van der Waals surface area (Å²) in [6.07, 6.45) is 15.6. The highest BCUT2D eigenvalue weighted by atomic mass is 35.5. The van der Waals surface area contributed by atoms with Crippen LogP contribution in [0.5, 0.6) is 28.7 Å². The predicted octanol–water partition coefficient (Wildman–Crippen LogP) is 18.6. The zero-order chi connectivity index (χ0) is 108. The summed E-state index contributed by atoms with van der Waals surface area (Å²) in [5, 5.41) is 28.0. The fraction of sp³-hybridized carbons (Fsp3) is 0.441. The smallest absolute Gasteiger partial charge is 0.412 e. The van der Waals surface area contributed by atoms with Crippen LogP contribution in [0.4, 0.5) is 108 Å². The second kappa shape index (κ2) is 47.2. The molecule has 48 heteroatoms. The summed E-state index contributed by atoms with van der Waals surface area (Å²) in [4.78, 5) is 79.6. The molecule has 1 aliphatic carbocycles. The van der Waals surface area contributed by atoms with E-state index in [1.54, 1.807) is 132 Å². The fourth-order valence-corrected chi connectivity index (χ4v) is 22.2. The highest BCUT2D eigenvalue weighted by Crippen LogP contribution is 2.54. The van der Waals surface area contributed by atoms with Gasteiger partial charge in [-0.3, -0.25) is 10.6 Å². The fourth-order valence-electron chi connectivity index (χ4n) is 18.0. The number of benzene rings is 3. The number of carbonyl (C=O) groups is 2. The Kier molecular flexibility index (Phi) is 35.3. The van der Waals surface area contributed by atoms with Crippen molar-refractivity contribution in [1.29, 1.82) is 0 Å². The first-order valence-corrected chi connectivity index (χ1v) is 58.0. The monoisotopic (exact) mass is 2210 g/mol. The Balaban J connectivity index is 0.000000136. The first kappa shape index (κ1) is 112. The quantitative estimate of drug-likeness (QED) is 0.0154. The van der Waals surface area contributed by atoms with Crippen molar-refractivity contribution in [3.8, 4) is 28.7 Å². The molecule has 9 saturated heterocycles. The number of amides is 2. The Labute approximate surface area is 897 Å². The van der Waals surface area contributed by atoms with Gasteiger partial charge in [-0.1, -0.05) is 89.2 Å². The molecule has 802 valence electrons. The Morgan fingerprint density at radius 1 is 0.373 bits per heavy atom. The topological polar surface area (TPSA) is 464 Å². The van der Waals surface area contributed by atoms with Crippen LogP contribution in [0, 0.1) is 27.1 Å². The Hall–Kier alpha value is -11.9. The predicted molar refractivity (Wildman–Crippen MR) is 593 cm³/mol. The highest BCUT2D eigenvalue weighted by Gasteiger charge is 2.54. The highest BCUT2D eigenvalue weighted by molar-refractivity contribution is 7.71. The van der Waals surface area contributed by atoms with Crippen LogP contribution >= 0.6 is 79.4 Å². The number of hydrogen-bond acceptors (Lipinski definition) is 38. The van der Waals surface area contributed by atoms with E-state index in [1.807, 2.05) is 106 Å². The molecule has 5 spiro atoms. The third-order valence-corrected chi connectivity index (χ3v) is 31.7. The third kappa shape index (κ3) is 27.6. The van der Waals surface area contributed by atoms with Gasteiger partial charge in [0.15, 0.2) is 74.6 Å². The normalized spacial score (nSPS) is 16.9. The number of halogens is 5. The van der Waals surface area contributed by atoms with Crippen molar-refractivity contribution < 1.29 is 75.4 Å². The van der Waals surface area contributed by atoms with E-state index >= 15 is 0 Å². The molecule has 150 heavy (non-hydrogen) atoms. The number of nitrogens with one attached hydrogen (secondary N) is 8. The van der Waals surface area contributed by atoms with E-state index in [0.717, 1.165) is 150 Å². The van der Waals surface area contributed by atoms with Crippen LogP contribution in [-0.4, -0.2) is 272 Å². The average molecular weight is 2220 g/mol. The molecule has 2 amide bonds. The lowest BCUT2D eigenvalue weighted by Crippen LogP contribution is -2.66. The zero-order valence-corrected chi connectivity index (χ0v) is 93.3. The Morgan fingerprint density at radius 3 is 0.987 bits per heavy atom. The van der Waals surface area contributed by atoms with Crippen molar-refractivity contribution in [2.75, 3.05) is 256 Å². The molecular formula is C102H128Cl5N24O16P3. The summed E-state index contributed by atoms with van der Waals surface area (Å²) < 4.78 is 96.3. The summed E-state index contributed by atoms with van der Waals surface area (Å²) in [6, 6.07) is 30.9. The van der Waals surface area contributed by atoms with Crippen LogP contribution in [0.15, 0.2) is 153 Å². The molecule has 1 saturated carbocycles. The van der Waals surface area contributed by atoms with Crippen LogP contribution in [-0.2, 0) is 42.1 Å². The van der Waals surface area contributed by atoms with Gasteiger partial charge in [-0.15, -0.1) is 0 Å². The SMILES string of the molecule is C1NCC12COC2.COc1c(N)ccnc1N1CC2(COC2)C1.COc1c(NC(=O)OC(C)(C)C)ccnc1Cl.COc1c(NC(=O)OC(C)(C)C)ccnc1N1CC2(COC2)C1.COc1c(Nc2ncc(Cl)c(Nc3ccccc3P(C)(C)=O)n2)ccnc1N1CC2(CCC2)C1.COc1c(Nc2ncc(Cl)c(Nc3ccccc3P(C)(C)=O)n2)ccnc1N1CC2(COC2)C1.CP(C)(=O)c1ccccc1Nc1nc(Cl)ncc1Cl. The van der Waals surface area contributed by atoms with Crippen molar-refractivity contribution in [2.24, 2.45) is 27.1 Å². The average Bonchev–Trinajstić information content (AvgIpc) is 0.759. The molecule has 3 aromatic carbocycles. The largest absolute Gasteiger partial charge is 0.491 e. The van der Waals surface area contributed by atoms with Gasteiger partial charge in [0.2, 0.25) is 17.2 Å². The number of nitrogens with zero attached hydrogens (tertiary/aromatic N) is 15. The first-order valence-electron chi connectivity index (χ1n) is 48.3. The number of anilines is 17. The van der Waals surface area contributed by atoms with Crippen LogP contribution in [0.1, 0.15) is 60.8 Å². The number of para-hydroxylation sites is 3. The van der Waals surface area contributed by atoms with E-state index in [2.05, 4.69) is 117 Å². The lowest BCUT2D eigenvalue weighted by molar-refractivity contribution is -0.139. The Morgan fingerprint density at radius 2 is 0.680 bits per heavy atom. The molecular weight excluding hydrogens is 2090 g/mol. The number of methoxy groups -OCH3 is 5. The van der Waals surface area contributed by atoms with Gasteiger partial charge in [0.1, 0.15) is 47.7 Å². The van der Waals surface area contributed by atoms with E-state index in [0.29, 0.717) is 129 Å². The van der Waals surface area contributed by atoms with Crippen molar-refractivity contribution in [3.05, 3.63) is 178 Å². The maximum Gasteiger partial charge on any atom is 0.412 e. The molecule has 10 fully saturated rings. The van der Waals surface area contributed by atoms with Gasteiger partial charge in [-0.25, -0.2) is 49.5 Å². The second-order valence-corrected chi connectivity index (χ2v) is 53.0. The minimum absolute atomic E-state index is 0.0977. The maximum absolute atomic E-state index is 12.7. The summed E-state index contributed by atoms with van der Waals surface area (Å²) >= 11 is 30.3. The molecule has 0 unspecified atom stereocenters. The molecule has 9 aliphatic heterocycles. The molecule has 21 rings (SSSR count). The summed E-state index contributed by atoms with van der Waals surface area (Å²) in [5.74, 6) is 7.90. The summed E-state index contributed by atoms with van der Waals surface area (Å²) in [5.41, 5.74) is 11.9. The molecule has 0 radical (unpaired) electrons. The molecule has 0 atom stereocenters. The van der Waals surface area contributed by atoms with Crippen molar-refractivity contribution in [1.82, 2.24) is 60.1 Å². The first-order chi connectivity index (χ1) is 71.2. The molecule has 0 bridgehead atoms. The minimum Gasteiger partial charge on any atom is -0.491 e.